The van der Waals surface area contributed by atoms with Gasteiger partial charge in [-0.3, -0.25) is 0 Å². The molecule has 4 aromatic carbocycles. The summed E-state index contributed by atoms with van der Waals surface area (Å²) in [5, 5.41) is 5.20. The van der Waals surface area contributed by atoms with Crippen molar-refractivity contribution in [2.45, 2.75) is 0 Å². The van der Waals surface area contributed by atoms with Gasteiger partial charge in [0.05, 0.1) is 0 Å². The predicted octanol–water partition coefficient (Wildman–Crippen LogP) is 4.60. The standard InChI is InChI=1S/C25H24NP.2ClH/c26-21-27(22-13-5-1-6-14-22,23-15-7-2-8-16-23,24-17-9-3-10-18-24)25-19-11-4-12-20-25;;/h1-20H,21,26H2;2*1H. The minimum absolute atomic E-state index is 0. The van der Waals surface area contributed by atoms with Crippen molar-refractivity contribution in [3.63, 3.8) is 0 Å². The number of halogens is 2. The fourth-order valence-corrected chi connectivity index (χ4v) is 10.3. The van der Waals surface area contributed by atoms with E-state index >= 15 is 0 Å². The Morgan fingerprint density at radius 2 is 0.621 bits per heavy atom. The molecule has 4 heteroatoms. The summed E-state index contributed by atoms with van der Waals surface area (Å²) in [6.45, 7) is -3.06. The second-order valence-corrected chi connectivity index (χ2v) is 11.9. The van der Waals surface area contributed by atoms with Crippen LogP contribution in [-0.2, 0) is 0 Å². The van der Waals surface area contributed by atoms with E-state index < -0.39 is 6.60 Å². The normalized spacial score (nSPS) is 12.0. The van der Waals surface area contributed by atoms with E-state index in [1.54, 1.807) is 0 Å². The Bertz CT molecular complexity index is 840. The molecule has 150 valence electrons. The Balaban J connectivity index is 0.00000150. The van der Waals surface area contributed by atoms with E-state index in [1.165, 1.54) is 21.2 Å². The molecule has 0 aliphatic carbocycles. The van der Waals surface area contributed by atoms with E-state index in [-0.39, 0.29) is 24.8 Å². The first-order valence-corrected chi connectivity index (χ1v) is 11.7. The summed E-state index contributed by atoms with van der Waals surface area (Å²) in [4.78, 5) is 0. The van der Waals surface area contributed by atoms with Crippen LogP contribution in [0.15, 0.2) is 121 Å². The number of rotatable bonds is 5. The van der Waals surface area contributed by atoms with Crippen LogP contribution in [0.5, 0.6) is 0 Å². The van der Waals surface area contributed by atoms with E-state index in [1.807, 2.05) is 0 Å². The van der Waals surface area contributed by atoms with Crippen molar-refractivity contribution in [1.82, 2.24) is 0 Å². The second-order valence-electron chi connectivity index (χ2n) is 6.83. The van der Waals surface area contributed by atoms with Crippen molar-refractivity contribution in [3.8, 4) is 0 Å². The fourth-order valence-electron chi connectivity index (χ4n) is 4.34. The van der Waals surface area contributed by atoms with E-state index in [4.69, 9.17) is 5.73 Å². The van der Waals surface area contributed by atoms with Gasteiger partial charge in [-0.05, 0) is 0 Å². The molecule has 0 unspecified atom stereocenters. The van der Waals surface area contributed by atoms with Crippen molar-refractivity contribution < 1.29 is 0 Å². The molecular formula is C25H26Cl2NP. The van der Waals surface area contributed by atoms with Crippen molar-refractivity contribution in [2.75, 3.05) is 6.29 Å². The molecular weight excluding hydrogens is 416 g/mol. The molecule has 0 saturated carbocycles. The molecule has 0 aliphatic heterocycles. The van der Waals surface area contributed by atoms with Gasteiger partial charge in [-0.25, -0.2) is 0 Å². The summed E-state index contributed by atoms with van der Waals surface area (Å²) in [6.07, 6.45) is 0.549. The molecule has 0 atom stereocenters. The molecule has 0 spiro atoms. The molecule has 0 saturated heterocycles. The van der Waals surface area contributed by atoms with Gasteiger partial charge >= 0.3 is 161 Å². The van der Waals surface area contributed by atoms with Crippen molar-refractivity contribution >= 4 is 52.6 Å². The van der Waals surface area contributed by atoms with Crippen LogP contribution in [0.25, 0.3) is 0 Å². The summed E-state index contributed by atoms with van der Waals surface area (Å²) in [7, 11) is 0. The van der Waals surface area contributed by atoms with Gasteiger partial charge in [-0.1, -0.05) is 0 Å². The molecule has 0 aromatic heterocycles. The van der Waals surface area contributed by atoms with Gasteiger partial charge in [-0.15, -0.1) is 24.8 Å². The molecule has 4 rings (SSSR count). The van der Waals surface area contributed by atoms with Crippen LogP contribution in [0.4, 0.5) is 0 Å². The Hall–Kier alpha value is -2.15. The van der Waals surface area contributed by atoms with Crippen molar-refractivity contribution in [2.24, 2.45) is 5.73 Å². The van der Waals surface area contributed by atoms with Gasteiger partial charge in [0.25, 0.3) is 0 Å². The summed E-state index contributed by atoms with van der Waals surface area (Å²) in [5.41, 5.74) is 6.83. The zero-order chi connectivity index (χ0) is 18.6. The SMILES string of the molecule is Cl.Cl.NCP(c1ccccc1)(c1ccccc1)(c1ccccc1)c1ccccc1. The average Bonchev–Trinajstić information content (AvgIpc) is 2.78. The average molecular weight is 442 g/mol. The van der Waals surface area contributed by atoms with E-state index in [2.05, 4.69) is 121 Å². The van der Waals surface area contributed by atoms with Gasteiger partial charge in [0.1, 0.15) is 0 Å². The molecule has 2 N–H and O–H groups in total. The van der Waals surface area contributed by atoms with Crippen LogP contribution >= 0.6 is 31.4 Å². The van der Waals surface area contributed by atoms with Crippen LogP contribution < -0.4 is 27.0 Å². The molecule has 1 nitrogen and oxygen atoms in total. The summed E-state index contributed by atoms with van der Waals surface area (Å²) >= 11 is 0. The third kappa shape index (κ3) is 3.39. The summed E-state index contributed by atoms with van der Waals surface area (Å²) in [5.74, 6) is 0. The van der Waals surface area contributed by atoms with Gasteiger partial charge < -0.3 is 0 Å². The van der Waals surface area contributed by atoms with Crippen LogP contribution in [0.3, 0.4) is 0 Å². The van der Waals surface area contributed by atoms with Gasteiger partial charge in [0.2, 0.25) is 0 Å². The predicted molar refractivity (Wildman–Crippen MR) is 135 cm³/mol. The van der Waals surface area contributed by atoms with Crippen LogP contribution in [0.1, 0.15) is 0 Å². The second kappa shape index (κ2) is 9.57. The number of benzene rings is 4. The summed E-state index contributed by atoms with van der Waals surface area (Å²) < 4.78 is 0. The topological polar surface area (TPSA) is 26.0 Å². The maximum absolute atomic E-state index is 6.83. The summed E-state index contributed by atoms with van der Waals surface area (Å²) in [6, 6.07) is 43.3. The van der Waals surface area contributed by atoms with Crippen LogP contribution in [0.2, 0.25) is 0 Å². The van der Waals surface area contributed by atoms with Crippen molar-refractivity contribution in [3.05, 3.63) is 121 Å². The Morgan fingerprint density at radius 1 is 0.414 bits per heavy atom. The van der Waals surface area contributed by atoms with Gasteiger partial charge in [0.15, 0.2) is 0 Å². The first kappa shape index (κ1) is 23.1. The Labute approximate surface area is 185 Å². The monoisotopic (exact) mass is 441 g/mol. The number of hydrogen-bond acceptors (Lipinski definition) is 1. The zero-order valence-electron chi connectivity index (χ0n) is 16.1. The Kier molecular flexibility index (Phi) is 7.63. The third-order valence-corrected chi connectivity index (χ3v) is 12.2. The van der Waals surface area contributed by atoms with Gasteiger partial charge in [-0.2, -0.15) is 0 Å². The molecule has 0 fully saturated rings. The fraction of sp³-hybridized carbons (Fsp3) is 0.0400. The third-order valence-electron chi connectivity index (χ3n) is 5.67. The molecule has 0 heterocycles. The zero-order valence-corrected chi connectivity index (χ0v) is 18.6. The molecule has 0 amide bonds. The van der Waals surface area contributed by atoms with E-state index in [0.717, 1.165) is 0 Å². The molecule has 29 heavy (non-hydrogen) atoms. The maximum atomic E-state index is 6.83. The minimum atomic E-state index is -3.06. The van der Waals surface area contributed by atoms with Crippen LogP contribution in [-0.4, -0.2) is 6.29 Å². The van der Waals surface area contributed by atoms with Crippen LogP contribution in [0, 0.1) is 0 Å². The molecule has 0 radical (unpaired) electrons. The molecule has 0 aliphatic rings. The van der Waals surface area contributed by atoms with Crippen molar-refractivity contribution in [1.29, 1.82) is 0 Å². The quantitative estimate of drug-likeness (QED) is 0.450. The Morgan fingerprint density at radius 3 is 0.793 bits per heavy atom. The first-order chi connectivity index (χ1) is 13.3. The molecule has 0 bridgehead atoms. The van der Waals surface area contributed by atoms with E-state index in [9.17, 15) is 0 Å². The van der Waals surface area contributed by atoms with Gasteiger partial charge in [0, 0.05) is 0 Å². The van der Waals surface area contributed by atoms with E-state index in [0.29, 0.717) is 6.29 Å². The number of hydrogen-bond donors (Lipinski definition) is 1. The first-order valence-electron chi connectivity index (χ1n) is 9.26. The number of nitrogens with two attached hydrogens (primary N) is 1. The molecule has 4 aromatic rings.